The Kier molecular flexibility index (Phi) is 5.24. The second kappa shape index (κ2) is 7.21. The second-order valence-corrected chi connectivity index (χ2v) is 8.43. The van der Waals surface area contributed by atoms with Crippen molar-refractivity contribution >= 4 is 15.9 Å². The van der Waals surface area contributed by atoms with Gasteiger partial charge in [-0.2, -0.15) is 22.6 Å². The lowest BCUT2D eigenvalue weighted by Crippen LogP contribution is -2.50. The number of halogens is 3. The molecule has 0 N–H and O–H groups in total. The normalized spacial score (nSPS) is 16.4. The van der Waals surface area contributed by atoms with Crippen LogP contribution in [0.25, 0.3) is 0 Å². The molecule has 0 saturated carbocycles. The average Bonchev–Trinajstić information content (AvgIpc) is 2.99. The Bertz CT molecular complexity index is 993. The number of benzene rings is 1. The molecule has 0 unspecified atom stereocenters. The monoisotopic (exact) mass is 416 g/mol. The third-order valence-electron chi connectivity index (χ3n) is 4.79. The van der Waals surface area contributed by atoms with Crippen molar-refractivity contribution in [3.05, 3.63) is 47.3 Å². The van der Waals surface area contributed by atoms with Gasteiger partial charge in [0.25, 0.3) is 5.91 Å². The van der Waals surface area contributed by atoms with Crippen molar-refractivity contribution in [2.45, 2.75) is 18.0 Å². The standard InChI is InChI=1S/C17H19F3N4O3S/c1-12-15(11-21-22(12)2)16(25)23-6-8-24(9-7-23)28(26,27)14-5-3-4-13(10-14)17(18,19)20/h3-5,10-11H,6-9H2,1-2H3. The van der Waals surface area contributed by atoms with E-state index >= 15 is 0 Å². The van der Waals surface area contributed by atoms with Gasteiger partial charge in [0.05, 0.1) is 22.2 Å². The van der Waals surface area contributed by atoms with E-state index in [0.717, 1.165) is 22.5 Å². The van der Waals surface area contributed by atoms with Gasteiger partial charge in [-0.05, 0) is 25.1 Å². The van der Waals surface area contributed by atoms with E-state index in [1.165, 1.54) is 11.1 Å². The highest BCUT2D eigenvalue weighted by molar-refractivity contribution is 7.89. The maximum Gasteiger partial charge on any atom is 0.416 e. The molecule has 7 nitrogen and oxygen atoms in total. The summed E-state index contributed by atoms with van der Waals surface area (Å²) in [5.41, 5.74) is 0.121. The van der Waals surface area contributed by atoms with Crippen molar-refractivity contribution in [1.82, 2.24) is 19.0 Å². The summed E-state index contributed by atoms with van der Waals surface area (Å²) in [4.78, 5) is 13.7. The Morgan fingerprint density at radius 1 is 1.14 bits per heavy atom. The summed E-state index contributed by atoms with van der Waals surface area (Å²) in [6.07, 6.45) is -3.17. The smallest absolute Gasteiger partial charge is 0.336 e. The van der Waals surface area contributed by atoms with Crippen LogP contribution in [-0.2, 0) is 23.2 Å². The Morgan fingerprint density at radius 3 is 2.32 bits per heavy atom. The molecule has 0 aliphatic carbocycles. The molecule has 1 fully saturated rings. The number of rotatable bonds is 3. The summed E-state index contributed by atoms with van der Waals surface area (Å²) in [5.74, 6) is -0.248. The fourth-order valence-electron chi connectivity index (χ4n) is 2.99. The minimum Gasteiger partial charge on any atom is -0.336 e. The molecule has 1 amide bonds. The van der Waals surface area contributed by atoms with E-state index in [4.69, 9.17) is 0 Å². The van der Waals surface area contributed by atoms with Crippen LogP contribution in [0, 0.1) is 6.92 Å². The Labute approximate surface area is 160 Å². The van der Waals surface area contributed by atoms with Crippen LogP contribution in [0.5, 0.6) is 0 Å². The highest BCUT2D eigenvalue weighted by Gasteiger charge is 2.34. The molecule has 0 radical (unpaired) electrons. The molecular weight excluding hydrogens is 397 g/mol. The third kappa shape index (κ3) is 3.76. The zero-order valence-corrected chi connectivity index (χ0v) is 16.1. The van der Waals surface area contributed by atoms with Gasteiger partial charge in [-0.25, -0.2) is 8.42 Å². The number of hydrogen-bond acceptors (Lipinski definition) is 4. The summed E-state index contributed by atoms with van der Waals surface area (Å²) >= 11 is 0. The molecule has 1 aromatic heterocycles. The Balaban J connectivity index is 1.74. The van der Waals surface area contributed by atoms with Crippen molar-refractivity contribution in [3.63, 3.8) is 0 Å². The molecule has 1 aliphatic heterocycles. The zero-order valence-electron chi connectivity index (χ0n) is 15.3. The SMILES string of the molecule is Cc1c(C(=O)N2CCN(S(=O)(=O)c3cccc(C(F)(F)F)c3)CC2)cnn1C. The van der Waals surface area contributed by atoms with Crippen LogP contribution in [-0.4, -0.2) is 59.5 Å². The first-order valence-corrected chi connectivity index (χ1v) is 9.91. The summed E-state index contributed by atoms with van der Waals surface area (Å²) in [6.45, 7) is 2.05. The van der Waals surface area contributed by atoms with Gasteiger partial charge < -0.3 is 4.90 Å². The van der Waals surface area contributed by atoms with Crippen molar-refractivity contribution in [2.75, 3.05) is 26.2 Å². The zero-order chi connectivity index (χ0) is 20.7. The van der Waals surface area contributed by atoms with E-state index in [-0.39, 0.29) is 32.1 Å². The fraction of sp³-hybridized carbons (Fsp3) is 0.412. The first-order valence-electron chi connectivity index (χ1n) is 8.47. The van der Waals surface area contributed by atoms with Gasteiger partial charge in [-0.15, -0.1) is 0 Å². The fourth-order valence-corrected chi connectivity index (χ4v) is 4.46. The van der Waals surface area contributed by atoms with E-state index in [0.29, 0.717) is 17.3 Å². The first-order chi connectivity index (χ1) is 13.0. The van der Waals surface area contributed by atoms with E-state index in [9.17, 15) is 26.4 Å². The first kappa shape index (κ1) is 20.3. The van der Waals surface area contributed by atoms with Crippen LogP contribution in [0.3, 0.4) is 0 Å². The maximum atomic E-state index is 12.9. The van der Waals surface area contributed by atoms with Crippen LogP contribution in [0.1, 0.15) is 21.6 Å². The number of carbonyl (C=O) groups excluding carboxylic acids is 1. The van der Waals surface area contributed by atoms with Crippen LogP contribution in [0.2, 0.25) is 0 Å². The molecular formula is C17H19F3N4O3S. The number of nitrogens with zero attached hydrogens (tertiary/aromatic N) is 4. The van der Waals surface area contributed by atoms with E-state index in [1.807, 2.05) is 0 Å². The number of hydrogen-bond donors (Lipinski definition) is 0. The molecule has 1 aromatic carbocycles. The van der Waals surface area contributed by atoms with Crippen LogP contribution in [0.4, 0.5) is 13.2 Å². The Morgan fingerprint density at radius 2 is 1.79 bits per heavy atom. The predicted molar refractivity (Wildman–Crippen MR) is 94.1 cm³/mol. The number of sulfonamides is 1. The molecule has 0 spiro atoms. The second-order valence-electron chi connectivity index (χ2n) is 6.49. The highest BCUT2D eigenvalue weighted by Crippen LogP contribution is 2.31. The lowest BCUT2D eigenvalue weighted by molar-refractivity contribution is -0.137. The minimum absolute atomic E-state index is 0.00360. The van der Waals surface area contributed by atoms with E-state index in [2.05, 4.69) is 5.10 Å². The molecule has 1 saturated heterocycles. The van der Waals surface area contributed by atoms with Gasteiger partial charge in [-0.1, -0.05) is 6.07 Å². The highest BCUT2D eigenvalue weighted by atomic mass is 32.2. The van der Waals surface area contributed by atoms with Gasteiger partial charge >= 0.3 is 6.18 Å². The summed E-state index contributed by atoms with van der Waals surface area (Å²) in [7, 11) is -2.37. The number of amides is 1. The van der Waals surface area contributed by atoms with Crippen molar-refractivity contribution in [2.24, 2.45) is 7.05 Å². The lowest BCUT2D eigenvalue weighted by Gasteiger charge is -2.34. The van der Waals surface area contributed by atoms with E-state index < -0.39 is 26.7 Å². The third-order valence-corrected chi connectivity index (χ3v) is 6.69. The minimum atomic E-state index is -4.63. The summed E-state index contributed by atoms with van der Waals surface area (Å²) < 4.78 is 66.7. The van der Waals surface area contributed by atoms with Crippen molar-refractivity contribution in [3.8, 4) is 0 Å². The topological polar surface area (TPSA) is 75.5 Å². The van der Waals surface area contributed by atoms with Crippen molar-refractivity contribution in [1.29, 1.82) is 0 Å². The van der Waals surface area contributed by atoms with Gasteiger partial charge in [0, 0.05) is 38.9 Å². The largest absolute Gasteiger partial charge is 0.416 e. The van der Waals surface area contributed by atoms with Gasteiger partial charge in [-0.3, -0.25) is 9.48 Å². The van der Waals surface area contributed by atoms with Gasteiger partial charge in [0.15, 0.2) is 0 Å². The van der Waals surface area contributed by atoms with E-state index in [1.54, 1.807) is 18.7 Å². The summed E-state index contributed by atoms with van der Waals surface area (Å²) in [5, 5.41) is 4.02. The molecule has 2 heterocycles. The van der Waals surface area contributed by atoms with Crippen LogP contribution in [0.15, 0.2) is 35.4 Å². The number of aromatic nitrogens is 2. The molecule has 2 aromatic rings. The molecule has 152 valence electrons. The lowest BCUT2D eigenvalue weighted by atomic mass is 10.2. The molecule has 1 aliphatic rings. The number of piperazine rings is 1. The molecule has 11 heteroatoms. The van der Waals surface area contributed by atoms with Crippen LogP contribution < -0.4 is 0 Å². The van der Waals surface area contributed by atoms with Gasteiger partial charge in [0.2, 0.25) is 10.0 Å². The number of alkyl halides is 3. The maximum absolute atomic E-state index is 12.9. The van der Waals surface area contributed by atoms with Crippen LogP contribution >= 0.6 is 0 Å². The molecule has 0 bridgehead atoms. The van der Waals surface area contributed by atoms with Crippen molar-refractivity contribution < 1.29 is 26.4 Å². The molecule has 0 atom stereocenters. The number of aryl methyl sites for hydroxylation is 1. The predicted octanol–water partition coefficient (Wildman–Crippen LogP) is 1.89. The quantitative estimate of drug-likeness (QED) is 0.766. The molecule has 3 rings (SSSR count). The molecule has 28 heavy (non-hydrogen) atoms. The number of carbonyl (C=O) groups is 1. The summed E-state index contributed by atoms with van der Waals surface area (Å²) in [6, 6.07) is 3.67. The Hall–Kier alpha value is -2.40. The average molecular weight is 416 g/mol. The van der Waals surface area contributed by atoms with Gasteiger partial charge in [0.1, 0.15) is 0 Å².